The number of rotatable bonds is 4. The van der Waals surface area contributed by atoms with Gasteiger partial charge in [-0.05, 0) is 42.5 Å². The van der Waals surface area contributed by atoms with Gasteiger partial charge in [0.25, 0.3) is 11.6 Å². The number of fused-ring (bicyclic) bond motifs is 1. The molecular weight excluding hydrogens is 481 g/mol. The highest BCUT2D eigenvalue weighted by Gasteiger charge is 2.35. The molecule has 4 aromatic rings. The maximum atomic E-state index is 13.5. The van der Waals surface area contributed by atoms with Gasteiger partial charge in [0, 0.05) is 21.2 Å². The zero-order valence-electron chi connectivity index (χ0n) is 16.7. The average Bonchev–Trinajstić information content (AvgIpc) is 3.31. The highest BCUT2D eigenvalue weighted by atomic mass is 35.5. The lowest BCUT2D eigenvalue weighted by Crippen LogP contribution is -2.32. The van der Waals surface area contributed by atoms with E-state index in [4.69, 9.17) is 23.2 Å². The van der Waals surface area contributed by atoms with Crippen molar-refractivity contribution in [1.82, 2.24) is 0 Å². The SMILES string of the molecule is O=C1/C(=C\c2ccccc2[N+](=O)[O-])N=C(c2sc3ccccc3c2Cl)N1c1ccc(Cl)cc1. The number of nitrogens with zero attached hydrogens (tertiary/aromatic N) is 3. The number of nitro benzene ring substituents is 1. The molecule has 1 aliphatic rings. The van der Waals surface area contributed by atoms with Crippen LogP contribution in [-0.4, -0.2) is 16.7 Å². The quantitative estimate of drug-likeness (QED) is 0.175. The molecule has 0 aliphatic carbocycles. The van der Waals surface area contributed by atoms with Crippen molar-refractivity contribution < 1.29 is 9.72 Å². The number of amides is 1. The van der Waals surface area contributed by atoms with E-state index in [-0.39, 0.29) is 16.9 Å². The Morgan fingerprint density at radius 1 is 0.970 bits per heavy atom. The molecule has 0 unspecified atom stereocenters. The Labute approximate surface area is 202 Å². The first-order chi connectivity index (χ1) is 15.9. The zero-order chi connectivity index (χ0) is 23.1. The first-order valence-electron chi connectivity index (χ1n) is 9.75. The van der Waals surface area contributed by atoms with E-state index in [0.29, 0.717) is 26.4 Å². The lowest BCUT2D eigenvalue weighted by atomic mass is 10.1. The number of anilines is 1. The molecule has 162 valence electrons. The Hall–Kier alpha value is -3.52. The van der Waals surface area contributed by atoms with Crippen molar-refractivity contribution in [2.24, 2.45) is 4.99 Å². The maximum Gasteiger partial charge on any atom is 0.282 e. The van der Waals surface area contributed by atoms with Gasteiger partial charge >= 0.3 is 0 Å². The number of amidine groups is 1. The Kier molecular flexibility index (Phi) is 5.46. The van der Waals surface area contributed by atoms with E-state index in [1.807, 2.05) is 24.3 Å². The third-order valence-electron chi connectivity index (χ3n) is 5.11. The lowest BCUT2D eigenvalue weighted by molar-refractivity contribution is -0.385. The van der Waals surface area contributed by atoms with E-state index < -0.39 is 10.8 Å². The summed E-state index contributed by atoms with van der Waals surface area (Å²) >= 11 is 14.2. The molecule has 0 spiro atoms. The number of carbonyl (C=O) groups excluding carboxylic acids is 1. The first-order valence-corrected chi connectivity index (χ1v) is 11.3. The standard InChI is InChI=1S/C24H13Cl2N3O3S/c25-15-9-11-16(12-10-15)28-23(22-21(26)17-6-2-4-8-20(17)33-22)27-18(24(28)30)13-14-5-1-3-7-19(14)29(31)32/h1-13H/b18-13+. The highest BCUT2D eigenvalue weighted by Crippen LogP contribution is 2.39. The molecule has 0 saturated heterocycles. The van der Waals surface area contributed by atoms with Gasteiger partial charge in [0.15, 0.2) is 5.84 Å². The molecule has 0 saturated carbocycles. The molecule has 9 heteroatoms. The van der Waals surface area contributed by atoms with Crippen LogP contribution in [0.25, 0.3) is 16.2 Å². The number of para-hydroxylation sites is 1. The molecule has 2 heterocycles. The van der Waals surface area contributed by atoms with Gasteiger partial charge in [-0.3, -0.25) is 19.8 Å². The van der Waals surface area contributed by atoms with Crippen molar-refractivity contribution in [3.8, 4) is 0 Å². The van der Waals surface area contributed by atoms with Crippen molar-refractivity contribution >= 4 is 73.8 Å². The molecule has 1 aliphatic heterocycles. The number of aliphatic imine (C=N–C) groups is 1. The molecule has 0 N–H and O–H groups in total. The van der Waals surface area contributed by atoms with E-state index in [1.54, 1.807) is 42.5 Å². The summed E-state index contributed by atoms with van der Waals surface area (Å²) < 4.78 is 0.958. The molecule has 1 amide bonds. The molecule has 6 nitrogen and oxygen atoms in total. The van der Waals surface area contributed by atoms with Crippen LogP contribution in [0.2, 0.25) is 10.0 Å². The van der Waals surface area contributed by atoms with Crippen LogP contribution >= 0.6 is 34.5 Å². The average molecular weight is 494 g/mol. The fourth-order valence-corrected chi connectivity index (χ4v) is 5.20. The van der Waals surface area contributed by atoms with Crippen molar-refractivity contribution in [3.05, 3.63) is 109 Å². The highest BCUT2D eigenvalue weighted by molar-refractivity contribution is 7.21. The van der Waals surface area contributed by atoms with Crippen molar-refractivity contribution in [2.75, 3.05) is 4.90 Å². The number of hydrogen-bond donors (Lipinski definition) is 0. The van der Waals surface area contributed by atoms with Crippen molar-refractivity contribution in [2.45, 2.75) is 0 Å². The minimum absolute atomic E-state index is 0.0720. The van der Waals surface area contributed by atoms with Gasteiger partial charge in [-0.15, -0.1) is 11.3 Å². The van der Waals surface area contributed by atoms with Crippen LogP contribution in [-0.2, 0) is 4.79 Å². The summed E-state index contributed by atoms with van der Waals surface area (Å²) in [5.74, 6) is -0.0580. The van der Waals surface area contributed by atoms with Crippen LogP contribution in [0.15, 0.2) is 83.5 Å². The van der Waals surface area contributed by atoms with E-state index in [2.05, 4.69) is 4.99 Å². The molecule has 1 aromatic heterocycles. The summed E-state index contributed by atoms with van der Waals surface area (Å²) in [5.41, 5.74) is 0.805. The molecule has 0 bridgehead atoms. The fraction of sp³-hybridized carbons (Fsp3) is 0. The summed E-state index contributed by atoms with van der Waals surface area (Å²) in [4.78, 5) is 31.1. The minimum atomic E-state index is -0.490. The van der Waals surface area contributed by atoms with Crippen molar-refractivity contribution in [1.29, 1.82) is 0 Å². The maximum absolute atomic E-state index is 13.5. The minimum Gasteiger partial charge on any atom is -0.266 e. The van der Waals surface area contributed by atoms with Gasteiger partial charge in [-0.2, -0.15) is 0 Å². The van der Waals surface area contributed by atoms with Crippen LogP contribution < -0.4 is 4.90 Å². The Balaban J connectivity index is 1.70. The number of halogens is 2. The molecule has 0 fully saturated rings. The van der Waals surface area contributed by atoms with Crippen LogP contribution in [0.4, 0.5) is 11.4 Å². The summed E-state index contributed by atoms with van der Waals surface area (Å²) in [5, 5.41) is 13.3. The van der Waals surface area contributed by atoms with Gasteiger partial charge in [-0.25, -0.2) is 4.99 Å². The van der Waals surface area contributed by atoms with E-state index >= 15 is 0 Å². The summed E-state index contributed by atoms with van der Waals surface area (Å²) in [6.45, 7) is 0. The van der Waals surface area contributed by atoms with Gasteiger partial charge in [0.05, 0.1) is 26.1 Å². The third-order valence-corrected chi connectivity index (χ3v) is 7.03. The van der Waals surface area contributed by atoms with Crippen LogP contribution in [0.1, 0.15) is 10.4 Å². The molecule has 5 rings (SSSR count). The molecule has 3 aromatic carbocycles. The predicted molar refractivity (Wildman–Crippen MR) is 133 cm³/mol. The van der Waals surface area contributed by atoms with Crippen molar-refractivity contribution in [3.63, 3.8) is 0 Å². The van der Waals surface area contributed by atoms with Gasteiger partial charge < -0.3 is 0 Å². The predicted octanol–water partition coefficient (Wildman–Crippen LogP) is 6.95. The topological polar surface area (TPSA) is 75.8 Å². The van der Waals surface area contributed by atoms with Gasteiger partial charge in [0.2, 0.25) is 0 Å². The van der Waals surface area contributed by atoms with E-state index in [9.17, 15) is 14.9 Å². The molecular formula is C24H13Cl2N3O3S. The summed E-state index contributed by atoms with van der Waals surface area (Å²) in [7, 11) is 0. The summed E-state index contributed by atoms with van der Waals surface area (Å²) in [6, 6.07) is 20.6. The molecule has 33 heavy (non-hydrogen) atoms. The van der Waals surface area contributed by atoms with Crippen LogP contribution in [0.5, 0.6) is 0 Å². The van der Waals surface area contributed by atoms with Crippen LogP contribution in [0, 0.1) is 10.1 Å². The Bertz CT molecular complexity index is 1490. The van der Waals surface area contributed by atoms with Crippen LogP contribution in [0.3, 0.4) is 0 Å². The Morgan fingerprint density at radius 3 is 2.39 bits per heavy atom. The Morgan fingerprint density at radius 2 is 1.67 bits per heavy atom. The fourth-order valence-electron chi connectivity index (χ4n) is 3.58. The normalized spacial score (nSPS) is 14.8. The van der Waals surface area contributed by atoms with E-state index in [0.717, 1.165) is 10.1 Å². The molecule has 0 atom stereocenters. The summed E-state index contributed by atoms with van der Waals surface area (Å²) in [6.07, 6.45) is 1.43. The lowest BCUT2D eigenvalue weighted by Gasteiger charge is -2.18. The second kappa shape index (κ2) is 8.44. The second-order valence-electron chi connectivity index (χ2n) is 7.14. The van der Waals surface area contributed by atoms with Gasteiger partial charge in [-0.1, -0.05) is 53.5 Å². The number of hydrogen-bond acceptors (Lipinski definition) is 5. The third kappa shape index (κ3) is 3.80. The molecule has 0 radical (unpaired) electrons. The monoisotopic (exact) mass is 493 g/mol. The smallest absolute Gasteiger partial charge is 0.266 e. The van der Waals surface area contributed by atoms with Gasteiger partial charge in [0.1, 0.15) is 5.70 Å². The largest absolute Gasteiger partial charge is 0.282 e. The number of nitro groups is 1. The van der Waals surface area contributed by atoms with E-state index in [1.165, 1.54) is 28.4 Å². The number of benzene rings is 3. The number of carbonyl (C=O) groups is 1. The zero-order valence-corrected chi connectivity index (χ0v) is 19.1. The second-order valence-corrected chi connectivity index (χ2v) is 9.01. The number of thiophene rings is 1. The first kappa shape index (κ1) is 21.3.